The number of carbonyl (C=O) groups is 1. The lowest BCUT2D eigenvalue weighted by atomic mass is 10.0. The van der Waals surface area contributed by atoms with Crippen LogP contribution in [0.25, 0.3) is 0 Å². The number of fused-ring (bicyclic) bond motifs is 1. The SMILES string of the molecule is Cc1cc(C)cc(NC(N)=NCC(=O)NC2CCOc3ccccc32)c1.I. The van der Waals surface area contributed by atoms with Crippen LogP contribution in [0, 0.1) is 13.8 Å². The van der Waals surface area contributed by atoms with E-state index in [1.807, 2.05) is 50.2 Å². The van der Waals surface area contributed by atoms with Crippen LogP contribution < -0.4 is 21.1 Å². The molecule has 3 rings (SSSR count). The van der Waals surface area contributed by atoms with Crippen LogP contribution in [0.1, 0.15) is 29.2 Å². The first-order valence-corrected chi connectivity index (χ1v) is 8.67. The van der Waals surface area contributed by atoms with E-state index in [0.29, 0.717) is 6.61 Å². The molecule has 1 unspecified atom stereocenters. The summed E-state index contributed by atoms with van der Waals surface area (Å²) in [5.41, 5.74) is 10.0. The molecule has 0 fully saturated rings. The number of carbonyl (C=O) groups excluding carboxylic acids is 1. The normalized spacial score (nSPS) is 15.8. The number of guanidine groups is 1. The molecule has 1 atom stereocenters. The number of para-hydroxylation sites is 1. The molecule has 4 N–H and O–H groups in total. The van der Waals surface area contributed by atoms with Crippen molar-refractivity contribution in [2.24, 2.45) is 10.7 Å². The Labute approximate surface area is 176 Å². The third kappa shape index (κ3) is 5.85. The van der Waals surface area contributed by atoms with E-state index in [-0.39, 0.29) is 48.4 Å². The number of nitrogens with two attached hydrogens (primary N) is 1. The molecule has 1 aliphatic rings. The van der Waals surface area contributed by atoms with Crippen molar-refractivity contribution in [1.82, 2.24) is 5.32 Å². The summed E-state index contributed by atoms with van der Waals surface area (Å²) in [6.07, 6.45) is 0.739. The summed E-state index contributed by atoms with van der Waals surface area (Å²) in [7, 11) is 0. The van der Waals surface area contributed by atoms with Crippen molar-refractivity contribution in [1.29, 1.82) is 0 Å². The molecule has 1 heterocycles. The lowest BCUT2D eigenvalue weighted by Crippen LogP contribution is -2.34. The first kappa shape index (κ1) is 21.0. The van der Waals surface area contributed by atoms with Crippen molar-refractivity contribution in [3.63, 3.8) is 0 Å². The molecule has 0 bridgehead atoms. The fourth-order valence-electron chi connectivity index (χ4n) is 3.12. The van der Waals surface area contributed by atoms with Gasteiger partial charge in [-0.1, -0.05) is 24.3 Å². The molecule has 2 aromatic carbocycles. The highest BCUT2D eigenvalue weighted by molar-refractivity contribution is 14.0. The summed E-state index contributed by atoms with van der Waals surface area (Å²) in [5, 5.41) is 6.03. The van der Waals surface area contributed by atoms with Gasteiger partial charge < -0.3 is 21.1 Å². The van der Waals surface area contributed by atoms with E-state index in [0.717, 1.165) is 34.5 Å². The van der Waals surface area contributed by atoms with E-state index < -0.39 is 0 Å². The zero-order chi connectivity index (χ0) is 18.5. The van der Waals surface area contributed by atoms with Crippen LogP contribution in [0.5, 0.6) is 5.75 Å². The average molecular weight is 480 g/mol. The van der Waals surface area contributed by atoms with E-state index in [4.69, 9.17) is 10.5 Å². The molecule has 2 aromatic rings. The minimum absolute atomic E-state index is 0. The quantitative estimate of drug-likeness (QED) is 0.356. The number of hydrogen-bond acceptors (Lipinski definition) is 3. The van der Waals surface area contributed by atoms with Crippen LogP contribution >= 0.6 is 24.0 Å². The van der Waals surface area contributed by atoms with Crippen LogP contribution in [0.3, 0.4) is 0 Å². The molecular weight excluding hydrogens is 455 g/mol. The molecule has 6 nitrogen and oxygen atoms in total. The second-order valence-corrected chi connectivity index (χ2v) is 6.50. The van der Waals surface area contributed by atoms with E-state index in [1.165, 1.54) is 0 Å². The van der Waals surface area contributed by atoms with Crippen LogP contribution in [0.2, 0.25) is 0 Å². The molecule has 0 spiro atoms. The fourth-order valence-corrected chi connectivity index (χ4v) is 3.12. The van der Waals surface area contributed by atoms with Crippen molar-refractivity contribution in [3.8, 4) is 5.75 Å². The standard InChI is InChI=1S/C20H24N4O2.HI/c1-13-9-14(2)11-15(10-13)23-20(21)22-12-19(25)24-17-7-8-26-18-6-4-3-5-16(17)18;/h3-6,9-11,17H,7-8,12H2,1-2H3,(H,24,25)(H3,21,22,23);1H. The second kappa shape index (κ2) is 9.59. The molecule has 0 saturated heterocycles. The summed E-state index contributed by atoms with van der Waals surface area (Å²) in [6.45, 7) is 4.60. The molecule has 1 aliphatic heterocycles. The smallest absolute Gasteiger partial charge is 0.242 e. The Balaban J connectivity index is 0.00000261. The number of rotatable bonds is 4. The Morgan fingerprint density at radius 2 is 1.93 bits per heavy atom. The molecule has 0 aliphatic carbocycles. The van der Waals surface area contributed by atoms with E-state index in [9.17, 15) is 4.79 Å². The van der Waals surface area contributed by atoms with Crippen LogP contribution in [0.15, 0.2) is 47.5 Å². The summed E-state index contributed by atoms with van der Waals surface area (Å²) in [5.74, 6) is 0.873. The van der Waals surface area contributed by atoms with Gasteiger partial charge in [-0.05, 0) is 43.2 Å². The number of amides is 1. The van der Waals surface area contributed by atoms with Crippen LogP contribution in [-0.2, 0) is 4.79 Å². The highest BCUT2D eigenvalue weighted by Crippen LogP contribution is 2.31. The van der Waals surface area contributed by atoms with Crippen molar-refractivity contribution in [2.45, 2.75) is 26.3 Å². The average Bonchev–Trinajstić information content (AvgIpc) is 2.59. The molecule has 144 valence electrons. The van der Waals surface area contributed by atoms with Crippen LogP contribution in [0.4, 0.5) is 5.69 Å². The van der Waals surface area contributed by atoms with Gasteiger partial charge in [0.25, 0.3) is 0 Å². The second-order valence-electron chi connectivity index (χ2n) is 6.50. The summed E-state index contributed by atoms with van der Waals surface area (Å²) in [4.78, 5) is 16.4. The largest absolute Gasteiger partial charge is 0.493 e. The van der Waals surface area contributed by atoms with Gasteiger partial charge in [-0.25, -0.2) is 4.99 Å². The molecule has 0 aromatic heterocycles. The Kier molecular flexibility index (Phi) is 7.46. The van der Waals surface area contributed by atoms with E-state index in [2.05, 4.69) is 21.7 Å². The number of aryl methyl sites for hydroxylation is 2. The maximum atomic E-state index is 12.2. The topological polar surface area (TPSA) is 88.7 Å². The van der Waals surface area contributed by atoms with Gasteiger partial charge in [0.2, 0.25) is 5.91 Å². The third-order valence-corrected chi connectivity index (χ3v) is 4.18. The number of halogens is 1. The monoisotopic (exact) mass is 480 g/mol. The molecule has 0 radical (unpaired) electrons. The van der Waals surface area contributed by atoms with Gasteiger partial charge in [0.1, 0.15) is 12.3 Å². The molecule has 0 saturated carbocycles. The Morgan fingerprint density at radius 1 is 1.22 bits per heavy atom. The Hall–Kier alpha value is -2.29. The molecular formula is C20H25IN4O2. The number of nitrogens with one attached hydrogen (secondary N) is 2. The van der Waals surface area contributed by atoms with Gasteiger partial charge in [0, 0.05) is 17.7 Å². The van der Waals surface area contributed by atoms with Gasteiger partial charge in [-0.15, -0.1) is 24.0 Å². The Bertz CT molecular complexity index is 818. The van der Waals surface area contributed by atoms with Crippen molar-refractivity contribution >= 4 is 41.5 Å². The van der Waals surface area contributed by atoms with Gasteiger partial charge in [-0.3, -0.25) is 4.79 Å². The number of benzene rings is 2. The first-order valence-electron chi connectivity index (χ1n) is 8.67. The van der Waals surface area contributed by atoms with E-state index in [1.54, 1.807) is 0 Å². The van der Waals surface area contributed by atoms with Crippen molar-refractivity contribution in [2.75, 3.05) is 18.5 Å². The lowest BCUT2D eigenvalue weighted by molar-refractivity contribution is -0.120. The van der Waals surface area contributed by atoms with Gasteiger partial charge in [-0.2, -0.15) is 0 Å². The number of anilines is 1. The summed E-state index contributed by atoms with van der Waals surface area (Å²) in [6, 6.07) is 13.7. The first-order chi connectivity index (χ1) is 12.5. The zero-order valence-corrected chi connectivity index (χ0v) is 17.8. The Morgan fingerprint density at radius 3 is 2.67 bits per heavy atom. The molecule has 1 amide bonds. The van der Waals surface area contributed by atoms with Gasteiger partial charge in [0.05, 0.1) is 12.6 Å². The predicted molar refractivity (Wildman–Crippen MR) is 119 cm³/mol. The highest BCUT2D eigenvalue weighted by atomic mass is 127. The predicted octanol–water partition coefficient (Wildman–Crippen LogP) is 3.29. The minimum Gasteiger partial charge on any atom is -0.493 e. The van der Waals surface area contributed by atoms with Crippen molar-refractivity contribution in [3.05, 3.63) is 59.2 Å². The molecule has 27 heavy (non-hydrogen) atoms. The lowest BCUT2D eigenvalue weighted by Gasteiger charge is -2.26. The number of ether oxygens (including phenoxy) is 1. The van der Waals surface area contributed by atoms with Crippen LogP contribution in [-0.4, -0.2) is 25.0 Å². The van der Waals surface area contributed by atoms with Crippen molar-refractivity contribution < 1.29 is 9.53 Å². The summed E-state index contributed by atoms with van der Waals surface area (Å²) >= 11 is 0. The number of hydrogen-bond donors (Lipinski definition) is 3. The maximum absolute atomic E-state index is 12.2. The summed E-state index contributed by atoms with van der Waals surface area (Å²) < 4.78 is 5.61. The minimum atomic E-state index is -0.170. The number of aliphatic imine (C=N–C) groups is 1. The zero-order valence-electron chi connectivity index (χ0n) is 15.5. The van der Waals surface area contributed by atoms with Gasteiger partial charge in [0.15, 0.2) is 5.96 Å². The van der Waals surface area contributed by atoms with E-state index >= 15 is 0 Å². The third-order valence-electron chi connectivity index (χ3n) is 4.18. The van der Waals surface area contributed by atoms with Gasteiger partial charge >= 0.3 is 0 Å². The number of nitrogens with zero attached hydrogens (tertiary/aromatic N) is 1. The highest BCUT2D eigenvalue weighted by Gasteiger charge is 2.22. The maximum Gasteiger partial charge on any atom is 0.242 e. The molecule has 7 heteroatoms. The fraction of sp³-hybridized carbons (Fsp3) is 0.300.